The van der Waals surface area contributed by atoms with Crippen LogP contribution in [-0.2, 0) is 0 Å². The third-order valence-electron chi connectivity index (χ3n) is 2.47. The van der Waals surface area contributed by atoms with E-state index in [4.69, 9.17) is 16.3 Å². The Labute approximate surface area is 96.9 Å². The molecule has 0 saturated carbocycles. The maximum absolute atomic E-state index is 6.10. The summed E-state index contributed by atoms with van der Waals surface area (Å²) in [5.74, 6) is 0.903. The zero-order chi connectivity index (χ0) is 10.3. The highest BCUT2D eigenvalue weighted by Crippen LogP contribution is 2.42. The van der Waals surface area contributed by atoms with E-state index in [0.717, 1.165) is 39.6 Å². The van der Waals surface area contributed by atoms with E-state index in [1.807, 2.05) is 20.0 Å². The van der Waals surface area contributed by atoms with Gasteiger partial charge < -0.3 is 9.64 Å². The van der Waals surface area contributed by atoms with Crippen molar-refractivity contribution in [1.82, 2.24) is 0 Å². The highest BCUT2D eigenvalue weighted by atomic mass is 79.9. The molecule has 0 aromatic heterocycles. The second-order valence-electron chi connectivity index (χ2n) is 3.42. The summed E-state index contributed by atoms with van der Waals surface area (Å²) in [5, 5.41) is 0.771. The lowest BCUT2D eigenvalue weighted by molar-refractivity contribution is 0.309. The van der Waals surface area contributed by atoms with Crippen LogP contribution in [0.5, 0.6) is 5.75 Å². The van der Waals surface area contributed by atoms with E-state index in [1.54, 1.807) is 0 Å². The zero-order valence-corrected chi connectivity index (χ0v) is 10.4. The van der Waals surface area contributed by atoms with E-state index < -0.39 is 0 Å². The molecule has 1 aliphatic rings. The Kier molecular flexibility index (Phi) is 2.62. The number of halogens is 2. The molecule has 2 nitrogen and oxygen atoms in total. The van der Waals surface area contributed by atoms with Crippen molar-refractivity contribution in [1.29, 1.82) is 0 Å². The molecule has 4 heteroatoms. The summed E-state index contributed by atoms with van der Waals surface area (Å²) in [7, 11) is 2.04. The molecular formula is C10H11BrClNO. The third kappa shape index (κ3) is 1.48. The van der Waals surface area contributed by atoms with Gasteiger partial charge >= 0.3 is 0 Å². The van der Waals surface area contributed by atoms with Crippen LogP contribution in [0.3, 0.4) is 0 Å². The van der Waals surface area contributed by atoms with Gasteiger partial charge in [0.2, 0.25) is 0 Å². The van der Waals surface area contributed by atoms with Gasteiger partial charge in [0.1, 0.15) is 6.61 Å². The van der Waals surface area contributed by atoms with Crippen LogP contribution < -0.4 is 9.64 Å². The van der Waals surface area contributed by atoms with Gasteiger partial charge in [0.25, 0.3) is 0 Å². The Balaban J connectivity index is 2.63. The Morgan fingerprint density at radius 3 is 3.00 bits per heavy atom. The monoisotopic (exact) mass is 275 g/mol. The summed E-state index contributed by atoms with van der Waals surface area (Å²) < 4.78 is 6.58. The fraction of sp³-hybridized carbons (Fsp3) is 0.400. The van der Waals surface area contributed by atoms with Crippen molar-refractivity contribution in [3.8, 4) is 5.75 Å². The molecule has 0 spiro atoms. The van der Waals surface area contributed by atoms with Gasteiger partial charge in [0.15, 0.2) is 5.75 Å². The van der Waals surface area contributed by atoms with E-state index in [9.17, 15) is 0 Å². The molecule has 0 fully saturated rings. The molecule has 0 bridgehead atoms. The number of rotatable bonds is 0. The van der Waals surface area contributed by atoms with Crippen molar-refractivity contribution in [2.75, 3.05) is 25.1 Å². The van der Waals surface area contributed by atoms with Gasteiger partial charge in [-0.3, -0.25) is 0 Å². The first-order valence-corrected chi connectivity index (χ1v) is 5.61. The van der Waals surface area contributed by atoms with Crippen LogP contribution in [-0.4, -0.2) is 20.2 Å². The zero-order valence-electron chi connectivity index (χ0n) is 8.10. The van der Waals surface area contributed by atoms with E-state index in [0.29, 0.717) is 0 Å². The standard InChI is InChI=1S/C10H11BrClNO/c1-6-7(12)5-8-10(9(6)11)14-4-3-13(8)2/h5H,3-4H2,1-2H3. The molecule has 0 saturated heterocycles. The normalized spacial score (nSPS) is 15.0. The van der Waals surface area contributed by atoms with E-state index in [-0.39, 0.29) is 0 Å². The van der Waals surface area contributed by atoms with Crippen LogP contribution in [0.4, 0.5) is 5.69 Å². The maximum Gasteiger partial charge on any atom is 0.157 e. The molecule has 0 N–H and O–H groups in total. The summed E-state index contributed by atoms with van der Waals surface area (Å²) in [4.78, 5) is 2.15. The third-order valence-corrected chi connectivity index (χ3v) is 3.81. The number of fused-ring (bicyclic) bond motifs is 1. The SMILES string of the molecule is Cc1c(Cl)cc2c(c1Br)OCCN2C. The van der Waals surface area contributed by atoms with Crippen molar-refractivity contribution >= 4 is 33.2 Å². The molecule has 0 radical (unpaired) electrons. The molecule has 14 heavy (non-hydrogen) atoms. The number of nitrogens with zero attached hydrogens (tertiary/aromatic N) is 1. The van der Waals surface area contributed by atoms with Crippen molar-refractivity contribution in [2.24, 2.45) is 0 Å². The Bertz CT molecular complexity index is 381. The molecule has 1 heterocycles. The molecule has 1 aromatic rings. The molecule has 0 atom stereocenters. The van der Waals surface area contributed by atoms with Gasteiger partial charge in [-0.15, -0.1) is 0 Å². The predicted octanol–water partition coefficient (Wildman–Crippen LogP) is 3.24. The maximum atomic E-state index is 6.10. The highest BCUT2D eigenvalue weighted by molar-refractivity contribution is 9.10. The quantitative estimate of drug-likeness (QED) is 0.721. The van der Waals surface area contributed by atoms with Crippen molar-refractivity contribution in [3.63, 3.8) is 0 Å². The van der Waals surface area contributed by atoms with E-state index in [2.05, 4.69) is 20.8 Å². The lowest BCUT2D eigenvalue weighted by Crippen LogP contribution is -2.29. The molecule has 1 aliphatic heterocycles. The van der Waals surface area contributed by atoms with Crippen LogP contribution in [0.1, 0.15) is 5.56 Å². The van der Waals surface area contributed by atoms with Crippen molar-refractivity contribution in [2.45, 2.75) is 6.92 Å². The number of anilines is 1. The smallest absolute Gasteiger partial charge is 0.157 e. The minimum atomic E-state index is 0.725. The highest BCUT2D eigenvalue weighted by Gasteiger charge is 2.20. The number of likely N-dealkylation sites (N-methyl/N-ethyl adjacent to an activating group) is 1. The summed E-state index contributed by atoms with van der Waals surface area (Å²) in [6, 6.07) is 1.95. The number of benzene rings is 1. The first kappa shape index (κ1) is 10.1. The summed E-state index contributed by atoms with van der Waals surface area (Å²) in [6.45, 7) is 3.60. The fourth-order valence-corrected chi connectivity index (χ4v) is 2.35. The Hall–Kier alpha value is -0.410. The fourth-order valence-electron chi connectivity index (χ4n) is 1.51. The van der Waals surface area contributed by atoms with Crippen LogP contribution in [0.15, 0.2) is 10.5 Å². The molecule has 0 unspecified atom stereocenters. The number of hydrogen-bond donors (Lipinski definition) is 0. The summed E-state index contributed by atoms with van der Waals surface area (Å²) in [6.07, 6.45) is 0. The van der Waals surface area contributed by atoms with E-state index >= 15 is 0 Å². The van der Waals surface area contributed by atoms with Gasteiger partial charge in [-0.2, -0.15) is 0 Å². The van der Waals surface area contributed by atoms with Gasteiger partial charge in [0.05, 0.1) is 16.7 Å². The molecule has 2 rings (SSSR count). The van der Waals surface area contributed by atoms with Gasteiger partial charge in [-0.1, -0.05) is 11.6 Å². The van der Waals surface area contributed by atoms with Crippen molar-refractivity contribution < 1.29 is 4.74 Å². The second kappa shape index (κ2) is 3.63. The summed E-state index contributed by atoms with van der Waals surface area (Å²) >= 11 is 9.61. The number of hydrogen-bond acceptors (Lipinski definition) is 2. The van der Waals surface area contributed by atoms with Crippen LogP contribution in [0.2, 0.25) is 5.02 Å². The topological polar surface area (TPSA) is 12.5 Å². The lowest BCUT2D eigenvalue weighted by atomic mass is 10.2. The van der Waals surface area contributed by atoms with Crippen LogP contribution in [0.25, 0.3) is 0 Å². The molecule has 0 aliphatic carbocycles. The largest absolute Gasteiger partial charge is 0.488 e. The molecule has 76 valence electrons. The molecule has 0 amide bonds. The Morgan fingerprint density at radius 1 is 1.57 bits per heavy atom. The van der Waals surface area contributed by atoms with Gasteiger partial charge in [-0.25, -0.2) is 0 Å². The average molecular weight is 277 g/mol. The minimum absolute atomic E-state index is 0.725. The average Bonchev–Trinajstić information content (AvgIpc) is 2.17. The second-order valence-corrected chi connectivity index (χ2v) is 4.62. The van der Waals surface area contributed by atoms with Crippen molar-refractivity contribution in [3.05, 3.63) is 21.1 Å². The van der Waals surface area contributed by atoms with Crippen LogP contribution >= 0.6 is 27.5 Å². The summed E-state index contributed by atoms with van der Waals surface area (Å²) in [5.41, 5.74) is 2.08. The first-order valence-electron chi connectivity index (χ1n) is 4.44. The predicted molar refractivity (Wildman–Crippen MR) is 62.7 cm³/mol. The van der Waals surface area contributed by atoms with Crippen LogP contribution in [0, 0.1) is 6.92 Å². The van der Waals surface area contributed by atoms with Gasteiger partial charge in [-0.05, 0) is 34.5 Å². The number of ether oxygens (including phenoxy) is 1. The molecular weight excluding hydrogens is 265 g/mol. The van der Waals surface area contributed by atoms with E-state index in [1.165, 1.54) is 0 Å². The minimum Gasteiger partial charge on any atom is -0.488 e. The molecule has 1 aromatic carbocycles. The Morgan fingerprint density at radius 2 is 2.29 bits per heavy atom. The lowest BCUT2D eigenvalue weighted by Gasteiger charge is -2.29. The van der Waals surface area contributed by atoms with Gasteiger partial charge in [0, 0.05) is 12.1 Å². The first-order chi connectivity index (χ1) is 6.61.